The molecule has 0 saturated heterocycles. The molecule has 0 unspecified atom stereocenters. The van der Waals surface area contributed by atoms with E-state index in [0.717, 1.165) is 29.7 Å². The quantitative estimate of drug-likeness (QED) is 0.817. The van der Waals surface area contributed by atoms with Gasteiger partial charge >= 0.3 is 0 Å². The first kappa shape index (κ1) is 10.7. The monoisotopic (exact) mass is 245 g/mol. The third kappa shape index (κ3) is 2.79. The minimum absolute atomic E-state index is 0.628. The van der Waals surface area contributed by atoms with Crippen molar-refractivity contribution < 1.29 is 0 Å². The smallest absolute Gasteiger partial charge is 0.127 e. The van der Waals surface area contributed by atoms with Crippen molar-refractivity contribution in [2.24, 2.45) is 5.92 Å². The highest BCUT2D eigenvalue weighted by Crippen LogP contribution is 2.17. The second-order valence-corrected chi connectivity index (χ2v) is 4.40. The summed E-state index contributed by atoms with van der Waals surface area (Å²) in [5.41, 5.74) is 1.07. The highest BCUT2D eigenvalue weighted by atomic mass is 79.9. The van der Waals surface area contributed by atoms with Crippen LogP contribution in [0, 0.1) is 5.92 Å². The maximum absolute atomic E-state index is 4.14. The molecule has 13 heavy (non-hydrogen) atoms. The lowest BCUT2D eigenvalue weighted by Crippen LogP contribution is -2.00. The first-order chi connectivity index (χ1) is 6.15. The molecule has 0 N–H and O–H groups in total. The zero-order valence-electron chi connectivity index (χ0n) is 8.42. The fraction of sp³-hybridized carbons (Fsp3) is 0.778. The lowest BCUT2D eigenvalue weighted by molar-refractivity contribution is 0.569. The Kier molecular flexibility index (Phi) is 3.90. The number of nitrogens with zero attached hydrogens (tertiary/aromatic N) is 3. The molecule has 0 saturated carbocycles. The van der Waals surface area contributed by atoms with Crippen molar-refractivity contribution in [3.05, 3.63) is 10.3 Å². The molecular weight excluding hydrogens is 230 g/mol. The van der Waals surface area contributed by atoms with Crippen molar-refractivity contribution in [1.82, 2.24) is 15.0 Å². The summed E-state index contributed by atoms with van der Waals surface area (Å²) in [7, 11) is 0. The van der Waals surface area contributed by atoms with E-state index < -0.39 is 0 Å². The van der Waals surface area contributed by atoms with Gasteiger partial charge in [-0.1, -0.05) is 26.0 Å². The Morgan fingerprint density at radius 2 is 2.15 bits per heavy atom. The molecular formula is C9H16BrN3. The molecule has 0 atom stereocenters. The van der Waals surface area contributed by atoms with E-state index in [4.69, 9.17) is 0 Å². The Hall–Kier alpha value is -0.380. The molecule has 3 nitrogen and oxygen atoms in total. The summed E-state index contributed by atoms with van der Waals surface area (Å²) in [4.78, 5) is 0. The molecule has 1 rings (SSSR count). The van der Waals surface area contributed by atoms with Crippen molar-refractivity contribution in [2.75, 3.05) is 0 Å². The molecule has 1 aromatic heterocycles. The van der Waals surface area contributed by atoms with Crippen LogP contribution < -0.4 is 0 Å². The van der Waals surface area contributed by atoms with E-state index in [1.54, 1.807) is 0 Å². The first-order valence-electron chi connectivity index (χ1n) is 4.73. The van der Waals surface area contributed by atoms with E-state index in [0.29, 0.717) is 5.92 Å². The van der Waals surface area contributed by atoms with Crippen LogP contribution in [-0.4, -0.2) is 15.0 Å². The highest BCUT2D eigenvalue weighted by Gasteiger charge is 2.10. The van der Waals surface area contributed by atoms with Gasteiger partial charge in [0.25, 0.3) is 0 Å². The lowest BCUT2D eigenvalue weighted by atomic mass is 10.1. The number of hydrogen-bond donors (Lipinski definition) is 0. The topological polar surface area (TPSA) is 30.7 Å². The maximum atomic E-state index is 4.14. The van der Waals surface area contributed by atoms with Crippen LogP contribution in [0.5, 0.6) is 0 Å². The van der Waals surface area contributed by atoms with Crippen molar-refractivity contribution in [3.8, 4) is 0 Å². The fourth-order valence-electron chi connectivity index (χ4n) is 1.20. The number of rotatable bonds is 4. The van der Waals surface area contributed by atoms with E-state index >= 15 is 0 Å². The molecule has 0 aromatic carbocycles. The fourth-order valence-corrected chi connectivity index (χ4v) is 1.69. The molecule has 0 radical (unpaired) electrons. The van der Waals surface area contributed by atoms with E-state index in [1.807, 2.05) is 4.68 Å². The van der Waals surface area contributed by atoms with Crippen molar-refractivity contribution in [2.45, 2.75) is 40.2 Å². The largest absolute Gasteiger partial charge is 0.238 e. The predicted octanol–water partition coefficient (Wildman–Crippen LogP) is 2.65. The molecule has 0 aliphatic carbocycles. The van der Waals surface area contributed by atoms with Crippen molar-refractivity contribution in [3.63, 3.8) is 0 Å². The number of halogens is 1. The van der Waals surface area contributed by atoms with Crippen molar-refractivity contribution >= 4 is 15.9 Å². The van der Waals surface area contributed by atoms with Gasteiger partial charge in [0.05, 0.1) is 5.69 Å². The third-order valence-corrected chi connectivity index (χ3v) is 2.64. The van der Waals surface area contributed by atoms with Crippen LogP contribution in [0.25, 0.3) is 0 Å². The molecule has 1 heterocycles. The van der Waals surface area contributed by atoms with Gasteiger partial charge in [0.15, 0.2) is 0 Å². The first-order valence-corrected chi connectivity index (χ1v) is 5.52. The Bertz CT molecular complexity index is 268. The minimum Gasteiger partial charge on any atom is -0.238 e. The second kappa shape index (κ2) is 4.74. The molecule has 74 valence electrons. The average molecular weight is 246 g/mol. The Balaban J connectivity index is 2.74. The summed E-state index contributed by atoms with van der Waals surface area (Å²) in [6, 6.07) is 0. The average Bonchev–Trinajstić information content (AvgIpc) is 2.36. The molecule has 0 fully saturated rings. The van der Waals surface area contributed by atoms with E-state index in [1.165, 1.54) is 0 Å². The van der Waals surface area contributed by atoms with Gasteiger partial charge in [-0.15, -0.1) is 5.10 Å². The lowest BCUT2D eigenvalue weighted by Gasteiger charge is -2.01. The molecule has 0 spiro atoms. The third-order valence-electron chi connectivity index (χ3n) is 1.78. The SMILES string of the molecule is CCCn1nnc(CC(C)C)c1Br. The van der Waals surface area contributed by atoms with Gasteiger partial charge in [0.2, 0.25) is 0 Å². The van der Waals surface area contributed by atoms with Crippen LogP contribution in [0.15, 0.2) is 4.60 Å². The number of aryl methyl sites for hydroxylation is 1. The maximum Gasteiger partial charge on any atom is 0.127 e. The molecule has 0 aliphatic rings. The van der Waals surface area contributed by atoms with Crippen LogP contribution in [0.3, 0.4) is 0 Å². The van der Waals surface area contributed by atoms with Gasteiger partial charge in [-0.25, -0.2) is 4.68 Å². The molecule has 1 aromatic rings. The summed E-state index contributed by atoms with van der Waals surface area (Å²) in [5.74, 6) is 0.628. The predicted molar refractivity (Wildman–Crippen MR) is 56.6 cm³/mol. The van der Waals surface area contributed by atoms with Gasteiger partial charge in [-0.05, 0) is 34.7 Å². The standard InChI is InChI=1S/C9H16BrN3/c1-4-5-13-9(10)8(11-12-13)6-7(2)3/h7H,4-6H2,1-3H3. The molecule has 0 bridgehead atoms. The summed E-state index contributed by atoms with van der Waals surface area (Å²) >= 11 is 3.52. The van der Waals surface area contributed by atoms with E-state index in [2.05, 4.69) is 47.0 Å². The molecule has 0 amide bonds. The summed E-state index contributed by atoms with van der Waals surface area (Å²) in [5, 5.41) is 8.22. The van der Waals surface area contributed by atoms with Crippen LogP contribution in [-0.2, 0) is 13.0 Å². The number of aromatic nitrogens is 3. The zero-order valence-corrected chi connectivity index (χ0v) is 10.0. The highest BCUT2D eigenvalue weighted by molar-refractivity contribution is 9.10. The van der Waals surface area contributed by atoms with Gasteiger partial charge in [-0.3, -0.25) is 0 Å². The molecule has 4 heteroatoms. The van der Waals surface area contributed by atoms with E-state index in [9.17, 15) is 0 Å². The Labute approximate surface area is 87.6 Å². The summed E-state index contributed by atoms with van der Waals surface area (Å²) < 4.78 is 2.96. The van der Waals surface area contributed by atoms with Gasteiger partial charge in [-0.2, -0.15) is 0 Å². The van der Waals surface area contributed by atoms with Crippen molar-refractivity contribution in [1.29, 1.82) is 0 Å². The second-order valence-electron chi connectivity index (χ2n) is 3.65. The zero-order chi connectivity index (χ0) is 9.84. The van der Waals surface area contributed by atoms with Crippen LogP contribution in [0.1, 0.15) is 32.9 Å². The van der Waals surface area contributed by atoms with Gasteiger partial charge < -0.3 is 0 Å². The van der Waals surface area contributed by atoms with Gasteiger partial charge in [0.1, 0.15) is 4.60 Å². The normalized spacial score (nSPS) is 11.2. The van der Waals surface area contributed by atoms with Crippen LogP contribution >= 0.6 is 15.9 Å². The van der Waals surface area contributed by atoms with Crippen LogP contribution in [0.4, 0.5) is 0 Å². The molecule has 0 aliphatic heterocycles. The van der Waals surface area contributed by atoms with Gasteiger partial charge in [0, 0.05) is 6.54 Å². The summed E-state index contributed by atoms with van der Waals surface area (Å²) in [6.45, 7) is 7.44. The van der Waals surface area contributed by atoms with E-state index in [-0.39, 0.29) is 0 Å². The number of hydrogen-bond acceptors (Lipinski definition) is 2. The Morgan fingerprint density at radius 3 is 2.69 bits per heavy atom. The van der Waals surface area contributed by atoms with Crippen LogP contribution in [0.2, 0.25) is 0 Å². The Morgan fingerprint density at radius 1 is 1.46 bits per heavy atom. The minimum atomic E-state index is 0.628. The summed E-state index contributed by atoms with van der Waals surface area (Å²) in [6.07, 6.45) is 2.08.